The van der Waals surface area contributed by atoms with Gasteiger partial charge in [0.05, 0.1) is 0 Å². The first-order valence-corrected chi connectivity index (χ1v) is 9.35. The molecule has 8 heteroatoms. The van der Waals surface area contributed by atoms with Gasteiger partial charge in [-0.2, -0.15) is 0 Å². The smallest absolute Gasteiger partial charge is 0.342 e. The second-order valence-corrected chi connectivity index (χ2v) is 6.62. The van der Waals surface area contributed by atoms with Crippen LogP contribution in [0.1, 0.15) is 35.1 Å². The number of halogens is 1. The molecular weight excluding hydrogens is 412 g/mol. The number of nitrogens with zero attached hydrogens (tertiary/aromatic N) is 4. The summed E-state index contributed by atoms with van der Waals surface area (Å²) in [6.45, 7) is 3.03. The first-order chi connectivity index (χ1) is 13.2. The van der Waals surface area contributed by atoms with Gasteiger partial charge in [0.15, 0.2) is 12.4 Å². The second-order valence-electron chi connectivity index (χ2n) is 5.77. The van der Waals surface area contributed by atoms with Crippen LogP contribution >= 0.6 is 15.9 Å². The van der Waals surface area contributed by atoms with E-state index in [1.165, 1.54) is 0 Å². The molecule has 0 aliphatic heterocycles. The maximum atomic E-state index is 12.5. The van der Waals surface area contributed by atoms with Crippen molar-refractivity contribution in [3.63, 3.8) is 0 Å². The van der Waals surface area contributed by atoms with Crippen LogP contribution in [-0.4, -0.2) is 26.2 Å². The van der Waals surface area contributed by atoms with Crippen molar-refractivity contribution >= 4 is 21.9 Å². The first-order valence-electron chi connectivity index (χ1n) is 8.56. The Bertz CT molecular complexity index is 913. The molecule has 0 saturated carbocycles. The molecule has 3 aromatic rings. The minimum absolute atomic E-state index is 0.00437. The monoisotopic (exact) mass is 430 g/mol. The molecule has 0 bridgehead atoms. The van der Waals surface area contributed by atoms with Crippen LogP contribution in [0, 0.1) is 0 Å². The normalized spacial score (nSPS) is 10.6. The lowest BCUT2D eigenvalue weighted by Crippen LogP contribution is -2.12. The van der Waals surface area contributed by atoms with Crippen LogP contribution in [0.4, 0.5) is 0 Å². The van der Waals surface area contributed by atoms with E-state index in [0.717, 1.165) is 16.5 Å². The minimum Gasteiger partial charge on any atom is -0.488 e. The summed E-state index contributed by atoms with van der Waals surface area (Å²) in [7, 11) is 0. The average molecular weight is 431 g/mol. The SMILES string of the molecule is CCCn1nnnc1COC(=O)c1ccccc1OCc1ccccc1Br. The Morgan fingerprint density at radius 1 is 1.11 bits per heavy atom. The summed E-state index contributed by atoms with van der Waals surface area (Å²) in [6.07, 6.45) is 0.887. The fraction of sp³-hybridized carbons (Fsp3) is 0.263. The number of para-hydroxylation sites is 1. The van der Waals surface area contributed by atoms with Crippen molar-refractivity contribution in [2.45, 2.75) is 33.1 Å². The van der Waals surface area contributed by atoms with Crippen molar-refractivity contribution in [3.05, 3.63) is 70.0 Å². The van der Waals surface area contributed by atoms with Crippen LogP contribution in [0.2, 0.25) is 0 Å². The van der Waals surface area contributed by atoms with Gasteiger partial charge in [-0.25, -0.2) is 9.48 Å². The van der Waals surface area contributed by atoms with E-state index in [1.54, 1.807) is 22.9 Å². The molecule has 0 N–H and O–H groups in total. The molecule has 0 saturated heterocycles. The molecule has 1 aromatic heterocycles. The van der Waals surface area contributed by atoms with Gasteiger partial charge in [-0.3, -0.25) is 0 Å². The van der Waals surface area contributed by atoms with Gasteiger partial charge in [0.1, 0.15) is 17.9 Å². The van der Waals surface area contributed by atoms with E-state index in [2.05, 4.69) is 31.5 Å². The Kier molecular flexibility index (Phi) is 6.54. The highest BCUT2D eigenvalue weighted by Crippen LogP contribution is 2.23. The van der Waals surface area contributed by atoms with Gasteiger partial charge in [0.2, 0.25) is 0 Å². The molecule has 0 amide bonds. The summed E-state index contributed by atoms with van der Waals surface area (Å²) < 4.78 is 13.8. The molecule has 27 heavy (non-hydrogen) atoms. The minimum atomic E-state index is -0.483. The van der Waals surface area contributed by atoms with Gasteiger partial charge in [-0.05, 0) is 35.0 Å². The number of esters is 1. The Morgan fingerprint density at radius 2 is 1.89 bits per heavy atom. The number of tetrazole rings is 1. The quantitative estimate of drug-likeness (QED) is 0.505. The molecule has 2 aromatic carbocycles. The maximum Gasteiger partial charge on any atom is 0.342 e. The van der Waals surface area contributed by atoms with Crippen molar-refractivity contribution in [2.24, 2.45) is 0 Å². The van der Waals surface area contributed by atoms with Gasteiger partial charge in [-0.1, -0.05) is 53.2 Å². The van der Waals surface area contributed by atoms with E-state index in [-0.39, 0.29) is 6.61 Å². The van der Waals surface area contributed by atoms with Crippen LogP contribution in [0.5, 0.6) is 5.75 Å². The molecule has 1 heterocycles. The molecule has 7 nitrogen and oxygen atoms in total. The highest BCUT2D eigenvalue weighted by molar-refractivity contribution is 9.10. The van der Waals surface area contributed by atoms with Crippen molar-refractivity contribution in [2.75, 3.05) is 0 Å². The lowest BCUT2D eigenvalue weighted by molar-refractivity contribution is 0.0451. The Morgan fingerprint density at radius 3 is 2.70 bits per heavy atom. The second kappa shape index (κ2) is 9.27. The lowest BCUT2D eigenvalue weighted by atomic mass is 10.2. The average Bonchev–Trinajstić information content (AvgIpc) is 3.13. The van der Waals surface area contributed by atoms with E-state index in [0.29, 0.717) is 30.3 Å². The third kappa shape index (κ3) is 4.91. The summed E-state index contributed by atoms with van der Waals surface area (Å²) in [5, 5.41) is 11.4. The molecule has 0 radical (unpaired) electrons. The number of hydrogen-bond donors (Lipinski definition) is 0. The molecule has 140 valence electrons. The van der Waals surface area contributed by atoms with Crippen molar-refractivity contribution < 1.29 is 14.3 Å². The Hall–Kier alpha value is -2.74. The molecular formula is C19H19BrN4O3. The summed E-state index contributed by atoms with van der Waals surface area (Å²) in [4.78, 5) is 12.5. The number of hydrogen-bond acceptors (Lipinski definition) is 6. The number of carbonyl (C=O) groups is 1. The fourth-order valence-corrected chi connectivity index (χ4v) is 2.85. The number of rotatable bonds is 8. The van der Waals surface area contributed by atoms with Crippen LogP contribution in [0.15, 0.2) is 53.0 Å². The maximum absolute atomic E-state index is 12.5. The van der Waals surface area contributed by atoms with E-state index >= 15 is 0 Å². The van der Waals surface area contributed by atoms with Gasteiger partial charge in [0, 0.05) is 16.6 Å². The third-order valence-electron chi connectivity index (χ3n) is 3.82. The van der Waals surface area contributed by atoms with Gasteiger partial charge < -0.3 is 9.47 Å². The summed E-state index contributed by atoms with van der Waals surface area (Å²) in [5.41, 5.74) is 1.35. The molecule has 0 atom stereocenters. The van der Waals surface area contributed by atoms with Crippen LogP contribution < -0.4 is 4.74 Å². The topological polar surface area (TPSA) is 79.1 Å². The van der Waals surface area contributed by atoms with Gasteiger partial charge in [-0.15, -0.1) is 5.10 Å². The summed E-state index contributed by atoms with van der Waals surface area (Å²) >= 11 is 3.49. The zero-order valence-electron chi connectivity index (χ0n) is 14.8. The van der Waals surface area contributed by atoms with E-state index < -0.39 is 5.97 Å². The van der Waals surface area contributed by atoms with E-state index in [1.807, 2.05) is 37.3 Å². The van der Waals surface area contributed by atoms with Crippen molar-refractivity contribution in [1.29, 1.82) is 0 Å². The van der Waals surface area contributed by atoms with Crippen LogP contribution in [0.25, 0.3) is 0 Å². The number of aryl methyl sites for hydroxylation is 1. The van der Waals surface area contributed by atoms with Crippen LogP contribution in [0.3, 0.4) is 0 Å². The predicted molar refractivity (Wildman–Crippen MR) is 102 cm³/mol. The fourth-order valence-electron chi connectivity index (χ4n) is 2.45. The predicted octanol–water partition coefficient (Wildman–Crippen LogP) is 3.78. The first kappa shape index (κ1) is 19.0. The Labute approximate surface area is 165 Å². The number of aromatic nitrogens is 4. The third-order valence-corrected chi connectivity index (χ3v) is 4.60. The van der Waals surface area contributed by atoms with Gasteiger partial charge >= 0.3 is 5.97 Å². The highest BCUT2D eigenvalue weighted by Gasteiger charge is 2.16. The zero-order valence-corrected chi connectivity index (χ0v) is 16.4. The largest absolute Gasteiger partial charge is 0.488 e. The number of benzene rings is 2. The molecule has 0 unspecified atom stereocenters. The molecule has 0 aliphatic rings. The highest BCUT2D eigenvalue weighted by atomic mass is 79.9. The van der Waals surface area contributed by atoms with Crippen molar-refractivity contribution in [3.8, 4) is 5.75 Å². The molecule has 0 spiro atoms. The molecule has 0 aliphatic carbocycles. The standard InChI is InChI=1S/C19H19BrN4O3/c1-2-11-24-18(21-22-23-24)13-27-19(25)15-8-4-6-10-17(15)26-12-14-7-3-5-9-16(14)20/h3-10H,2,11-13H2,1H3. The lowest BCUT2D eigenvalue weighted by Gasteiger charge is -2.12. The number of carbonyl (C=O) groups excluding carboxylic acids is 1. The number of ether oxygens (including phenoxy) is 2. The molecule has 3 rings (SSSR count). The zero-order chi connectivity index (χ0) is 19.1. The van der Waals surface area contributed by atoms with E-state index in [9.17, 15) is 4.79 Å². The summed E-state index contributed by atoms with van der Waals surface area (Å²) in [5.74, 6) is 0.493. The van der Waals surface area contributed by atoms with Crippen LogP contribution in [-0.2, 0) is 24.5 Å². The van der Waals surface area contributed by atoms with Crippen molar-refractivity contribution in [1.82, 2.24) is 20.2 Å². The summed E-state index contributed by atoms with van der Waals surface area (Å²) in [6, 6.07) is 14.8. The van der Waals surface area contributed by atoms with Gasteiger partial charge in [0.25, 0.3) is 0 Å². The molecule has 0 fully saturated rings. The van der Waals surface area contributed by atoms with E-state index in [4.69, 9.17) is 9.47 Å². The Balaban J connectivity index is 1.66.